The molecule has 0 bridgehead atoms. The van der Waals surface area contributed by atoms with Crippen molar-refractivity contribution in [3.05, 3.63) is 46.2 Å². The van der Waals surface area contributed by atoms with E-state index in [1.54, 1.807) is 6.92 Å². The summed E-state index contributed by atoms with van der Waals surface area (Å²) in [6, 6.07) is 4.89. The molecule has 126 valence electrons. The van der Waals surface area contributed by atoms with Gasteiger partial charge in [0.05, 0.1) is 17.8 Å². The zero-order valence-corrected chi connectivity index (χ0v) is 13.6. The Labute approximate surface area is 141 Å². The van der Waals surface area contributed by atoms with Crippen molar-refractivity contribution in [1.29, 1.82) is 0 Å². The van der Waals surface area contributed by atoms with Crippen LogP contribution in [0.25, 0.3) is 0 Å². The van der Waals surface area contributed by atoms with E-state index in [-0.39, 0.29) is 23.0 Å². The van der Waals surface area contributed by atoms with Gasteiger partial charge in [-0.3, -0.25) is 0 Å². The summed E-state index contributed by atoms with van der Waals surface area (Å²) in [7, 11) is 0. The van der Waals surface area contributed by atoms with Gasteiger partial charge in [0.2, 0.25) is 5.88 Å². The molecule has 1 aromatic carbocycles. The first-order valence-corrected chi connectivity index (χ1v) is 7.20. The van der Waals surface area contributed by atoms with Crippen molar-refractivity contribution in [2.75, 3.05) is 6.61 Å². The largest absolute Gasteiger partial charge is 0.472 e. The highest BCUT2D eigenvalue weighted by molar-refractivity contribution is 7.85. The second kappa shape index (κ2) is 8.83. The molecule has 0 saturated heterocycles. The molecule has 0 aliphatic heterocycles. The van der Waals surface area contributed by atoms with Crippen LogP contribution in [0.4, 0.5) is 13.2 Å². The van der Waals surface area contributed by atoms with E-state index in [1.807, 2.05) is 0 Å². The molecule has 0 radical (unpaired) electrons. The number of nitrogens with zero attached hydrogens (tertiary/aromatic N) is 1. The first-order chi connectivity index (χ1) is 10.8. The Kier molecular flexibility index (Phi) is 7.44. The lowest BCUT2D eigenvalue weighted by Crippen LogP contribution is -2.11. The van der Waals surface area contributed by atoms with Crippen molar-refractivity contribution in [3.8, 4) is 0 Å². The van der Waals surface area contributed by atoms with Crippen LogP contribution in [-0.2, 0) is 27.1 Å². The number of halogens is 4. The van der Waals surface area contributed by atoms with Crippen LogP contribution in [0.15, 0.2) is 40.0 Å². The van der Waals surface area contributed by atoms with E-state index in [4.69, 9.17) is 21.1 Å². The summed E-state index contributed by atoms with van der Waals surface area (Å²) in [6.45, 7) is 1.21. The third kappa shape index (κ3) is 5.80. The molecule has 0 N–H and O–H groups in total. The maximum absolute atomic E-state index is 12.9. The highest BCUT2D eigenvalue weighted by Gasteiger charge is 2.33. The summed E-state index contributed by atoms with van der Waals surface area (Å²) in [4.78, 5) is 14.8. The molecule has 23 heavy (non-hydrogen) atoms. The average Bonchev–Trinajstić information content (AvgIpc) is 2.50. The number of hydrogen-bond donors (Lipinski definition) is 1. The van der Waals surface area contributed by atoms with E-state index in [1.165, 1.54) is 18.2 Å². The molecule has 4 nitrogen and oxygen atoms in total. The molecule has 0 aromatic heterocycles. The van der Waals surface area contributed by atoms with Crippen LogP contribution >= 0.6 is 24.2 Å². The van der Waals surface area contributed by atoms with Crippen LogP contribution < -0.4 is 0 Å². The van der Waals surface area contributed by atoms with Gasteiger partial charge >= 0.3 is 12.1 Å². The summed E-state index contributed by atoms with van der Waals surface area (Å²) < 4.78 is 48.6. The molecule has 0 unspecified atom stereocenters. The third-order valence-corrected chi connectivity index (χ3v) is 3.00. The van der Waals surface area contributed by atoms with Crippen molar-refractivity contribution in [2.24, 2.45) is 4.99 Å². The summed E-state index contributed by atoms with van der Waals surface area (Å²) in [5.74, 6) is -1.16. The quantitative estimate of drug-likeness (QED) is 0.270. The number of carbonyl (C=O) groups is 1. The number of benzene rings is 1. The van der Waals surface area contributed by atoms with Gasteiger partial charge < -0.3 is 9.47 Å². The van der Waals surface area contributed by atoms with Crippen molar-refractivity contribution in [1.82, 2.24) is 0 Å². The second-order valence-electron chi connectivity index (χ2n) is 4.04. The highest BCUT2D eigenvalue weighted by Crippen LogP contribution is 2.32. The maximum atomic E-state index is 12.9. The molecule has 0 fully saturated rings. The molecule has 0 aliphatic rings. The Morgan fingerprint density at radius 1 is 1.35 bits per heavy atom. The molecule has 9 heteroatoms. The summed E-state index contributed by atoms with van der Waals surface area (Å²) in [6.07, 6.45) is -4.52. The number of alkyl halides is 3. The predicted octanol–water partition coefficient (Wildman–Crippen LogP) is 4.15. The fourth-order valence-electron chi connectivity index (χ4n) is 1.57. The lowest BCUT2D eigenvalue weighted by atomic mass is 10.1. The first kappa shape index (κ1) is 19.4. The zero-order chi connectivity index (χ0) is 17.5. The molecule has 0 aliphatic carbocycles. The Bertz CT molecular complexity index is 618. The van der Waals surface area contributed by atoms with E-state index in [9.17, 15) is 18.0 Å². The Hall–Kier alpha value is -1.67. The number of ether oxygens (including phenoxy) is 2. The Morgan fingerprint density at radius 3 is 2.57 bits per heavy atom. The maximum Gasteiger partial charge on any atom is 0.416 e. The standard InChI is InChI=1S/C14H13ClF3NO3S/c1-2-21-13(20)11(23)12(19-8-15)22-7-9-5-3-4-6-10(9)14(16,17)18/h3-6,8,23H,2,7H2,1H3/b12-11+,19-8+. The number of hydrogen-bond acceptors (Lipinski definition) is 5. The second-order valence-corrected chi connectivity index (χ2v) is 4.69. The Balaban J connectivity index is 3.02. The van der Waals surface area contributed by atoms with Gasteiger partial charge in [0.15, 0.2) is 4.91 Å². The topological polar surface area (TPSA) is 47.9 Å². The molecule has 0 amide bonds. The predicted molar refractivity (Wildman–Crippen MR) is 83.2 cm³/mol. The molecule has 1 rings (SSSR count). The molecule has 1 aromatic rings. The Morgan fingerprint density at radius 2 is 2.00 bits per heavy atom. The zero-order valence-electron chi connectivity index (χ0n) is 11.9. The average molecular weight is 368 g/mol. The fourth-order valence-corrected chi connectivity index (χ4v) is 1.84. The van der Waals surface area contributed by atoms with E-state index < -0.39 is 24.3 Å². The number of aliphatic imine (C=N–C) groups is 1. The monoisotopic (exact) mass is 367 g/mol. The lowest BCUT2D eigenvalue weighted by molar-refractivity contribution is -0.139. The van der Waals surface area contributed by atoms with Crippen LogP contribution in [0.2, 0.25) is 0 Å². The van der Waals surface area contributed by atoms with Gasteiger partial charge in [-0.1, -0.05) is 29.8 Å². The summed E-state index contributed by atoms with van der Waals surface area (Å²) in [5, 5.41) is 0. The summed E-state index contributed by atoms with van der Waals surface area (Å²) >= 11 is 9.24. The van der Waals surface area contributed by atoms with Gasteiger partial charge in [-0.15, -0.1) is 12.6 Å². The number of thiol groups is 1. The number of rotatable bonds is 6. The summed E-state index contributed by atoms with van der Waals surface area (Å²) in [5.41, 5.74) is -0.154. The smallest absolute Gasteiger partial charge is 0.416 e. The molecular formula is C14H13ClF3NO3S. The molecule has 0 atom stereocenters. The highest BCUT2D eigenvalue weighted by atomic mass is 35.5. The first-order valence-electron chi connectivity index (χ1n) is 6.32. The normalized spacial score (nSPS) is 13.0. The number of carbonyl (C=O) groups excluding carboxylic acids is 1. The van der Waals surface area contributed by atoms with Crippen LogP contribution in [0.5, 0.6) is 0 Å². The van der Waals surface area contributed by atoms with Crippen LogP contribution in [-0.4, -0.2) is 18.2 Å². The van der Waals surface area contributed by atoms with Crippen molar-refractivity contribution < 1.29 is 27.4 Å². The molecular weight excluding hydrogens is 355 g/mol. The van der Waals surface area contributed by atoms with Gasteiger partial charge in [0.25, 0.3) is 0 Å². The van der Waals surface area contributed by atoms with E-state index >= 15 is 0 Å². The van der Waals surface area contributed by atoms with Crippen molar-refractivity contribution >= 4 is 35.9 Å². The minimum atomic E-state index is -4.52. The van der Waals surface area contributed by atoms with Gasteiger partial charge in [-0.05, 0) is 13.0 Å². The number of esters is 1. The van der Waals surface area contributed by atoms with E-state index in [2.05, 4.69) is 17.6 Å². The van der Waals surface area contributed by atoms with Crippen molar-refractivity contribution in [3.63, 3.8) is 0 Å². The molecule has 0 spiro atoms. The fraction of sp³-hybridized carbons (Fsp3) is 0.286. The van der Waals surface area contributed by atoms with Gasteiger partial charge in [0.1, 0.15) is 6.61 Å². The van der Waals surface area contributed by atoms with Gasteiger partial charge in [-0.2, -0.15) is 13.2 Å². The van der Waals surface area contributed by atoms with Crippen LogP contribution in [0.3, 0.4) is 0 Å². The van der Waals surface area contributed by atoms with Crippen molar-refractivity contribution in [2.45, 2.75) is 19.7 Å². The SMILES string of the molecule is CCOC(=O)/C(S)=C(/N=C/Cl)OCc1ccccc1C(F)(F)F. The molecule has 0 heterocycles. The van der Waals surface area contributed by atoms with Crippen LogP contribution in [0, 0.1) is 0 Å². The minimum absolute atomic E-state index is 0.0949. The van der Waals surface area contributed by atoms with Gasteiger partial charge in [-0.25, -0.2) is 9.79 Å². The molecule has 0 saturated carbocycles. The minimum Gasteiger partial charge on any atom is -0.472 e. The van der Waals surface area contributed by atoms with Crippen LogP contribution in [0.1, 0.15) is 18.1 Å². The lowest BCUT2D eigenvalue weighted by Gasteiger charge is -2.14. The van der Waals surface area contributed by atoms with E-state index in [0.717, 1.165) is 11.7 Å². The third-order valence-electron chi connectivity index (χ3n) is 2.52. The van der Waals surface area contributed by atoms with Gasteiger partial charge in [0, 0.05) is 5.56 Å². The van der Waals surface area contributed by atoms with E-state index in [0.29, 0.717) is 0 Å².